The highest BCUT2D eigenvalue weighted by Crippen LogP contribution is 2.37. The lowest BCUT2D eigenvalue weighted by atomic mass is 9.86. The van der Waals surface area contributed by atoms with Crippen LogP contribution in [0.25, 0.3) is 0 Å². The fourth-order valence-corrected chi connectivity index (χ4v) is 5.08. The topological polar surface area (TPSA) is 110 Å². The van der Waals surface area contributed by atoms with E-state index in [1.54, 1.807) is 12.1 Å². The summed E-state index contributed by atoms with van der Waals surface area (Å²) in [7, 11) is -1.08. The van der Waals surface area contributed by atoms with Gasteiger partial charge in [0.2, 0.25) is 5.79 Å². The number of rotatable bonds is 7. The Kier molecular flexibility index (Phi) is 7.61. The lowest BCUT2D eigenvalue weighted by molar-refractivity contribution is -0.357. The number of aliphatic hydroxyl groups is 5. The summed E-state index contributed by atoms with van der Waals surface area (Å²) in [4.78, 5) is 0. The van der Waals surface area contributed by atoms with E-state index in [0.717, 1.165) is 23.1 Å². The van der Waals surface area contributed by atoms with E-state index in [1.807, 2.05) is 13.0 Å². The second-order valence-electron chi connectivity index (χ2n) is 10.2. The SMILES string of the molecule is Cc1ccc(C2(O)O[C@H](CO)[C@@H](O)[C@H](O)[C@H]2O)cc1Cc1ccc(CC[Si](C)(C)C)cc1. The first kappa shape index (κ1) is 25.0. The molecule has 1 fully saturated rings. The zero-order chi connectivity index (χ0) is 23.7. The smallest absolute Gasteiger partial charge is 0.222 e. The van der Waals surface area contributed by atoms with Crippen LogP contribution in [-0.4, -0.2) is 64.6 Å². The zero-order valence-corrected chi connectivity index (χ0v) is 20.3. The second kappa shape index (κ2) is 9.73. The molecular weight excluding hydrogens is 424 g/mol. The Morgan fingerprint density at radius 2 is 1.56 bits per heavy atom. The predicted molar refractivity (Wildman–Crippen MR) is 126 cm³/mol. The molecule has 0 bridgehead atoms. The molecule has 5 N–H and O–H groups in total. The van der Waals surface area contributed by atoms with E-state index in [4.69, 9.17) is 4.74 Å². The van der Waals surface area contributed by atoms with Crippen LogP contribution in [0.4, 0.5) is 0 Å². The molecule has 176 valence electrons. The van der Waals surface area contributed by atoms with Crippen molar-refractivity contribution in [3.63, 3.8) is 0 Å². The third kappa shape index (κ3) is 5.48. The van der Waals surface area contributed by atoms with Crippen LogP contribution in [0.5, 0.6) is 0 Å². The van der Waals surface area contributed by atoms with E-state index in [9.17, 15) is 25.5 Å². The van der Waals surface area contributed by atoms with Gasteiger partial charge in [-0.05, 0) is 48.1 Å². The van der Waals surface area contributed by atoms with Crippen LogP contribution in [0.3, 0.4) is 0 Å². The third-order valence-corrected chi connectivity index (χ3v) is 8.06. The van der Waals surface area contributed by atoms with Gasteiger partial charge in [0.25, 0.3) is 0 Å². The summed E-state index contributed by atoms with van der Waals surface area (Å²) in [5.74, 6) is -2.24. The normalized spacial score (nSPS) is 28.7. The molecule has 1 saturated heterocycles. The van der Waals surface area contributed by atoms with Gasteiger partial charge in [0.05, 0.1) is 6.61 Å². The minimum atomic E-state index is -2.24. The summed E-state index contributed by atoms with van der Waals surface area (Å²) < 4.78 is 5.47. The molecule has 0 amide bonds. The zero-order valence-electron chi connectivity index (χ0n) is 19.3. The maximum atomic E-state index is 11.1. The minimum absolute atomic E-state index is 0.266. The summed E-state index contributed by atoms with van der Waals surface area (Å²) in [5, 5.41) is 51.2. The molecule has 7 heteroatoms. The predicted octanol–water partition coefficient (Wildman–Crippen LogP) is 2.09. The maximum absolute atomic E-state index is 11.1. The average molecular weight is 461 g/mol. The first-order valence-electron chi connectivity index (χ1n) is 11.2. The molecule has 6 nitrogen and oxygen atoms in total. The standard InChI is InChI=1S/C25H36O6Si/c1-16-5-10-20(25(30)24(29)23(28)22(27)21(15-26)31-25)14-19(16)13-18-8-6-17(7-9-18)11-12-32(2,3)4/h5-10,14,21-24,26-30H,11-13,15H2,1-4H3/t21-,22-,23+,24-,25?/m1/s1. The van der Waals surface area contributed by atoms with E-state index in [2.05, 4.69) is 43.9 Å². The van der Waals surface area contributed by atoms with Crippen LogP contribution in [0.2, 0.25) is 25.7 Å². The van der Waals surface area contributed by atoms with E-state index >= 15 is 0 Å². The molecule has 2 aromatic carbocycles. The molecule has 3 rings (SSSR count). The van der Waals surface area contributed by atoms with Crippen molar-refractivity contribution in [2.45, 2.75) is 75.7 Å². The first-order valence-corrected chi connectivity index (χ1v) is 14.9. The molecular formula is C25H36O6Si. The Labute approximate surface area is 191 Å². The summed E-state index contributed by atoms with van der Waals surface area (Å²) in [6, 6.07) is 15.0. The average Bonchev–Trinajstić information content (AvgIpc) is 2.75. The molecule has 0 aromatic heterocycles. The summed E-state index contributed by atoms with van der Waals surface area (Å²) in [5.41, 5.74) is 4.69. The van der Waals surface area contributed by atoms with E-state index in [-0.39, 0.29) is 5.56 Å². The Hall–Kier alpha value is -1.58. The largest absolute Gasteiger partial charge is 0.394 e. The van der Waals surface area contributed by atoms with Crippen molar-refractivity contribution in [2.75, 3.05) is 6.61 Å². The first-order chi connectivity index (χ1) is 14.9. The van der Waals surface area contributed by atoms with E-state index < -0.39 is 44.9 Å². The van der Waals surface area contributed by atoms with Crippen LogP contribution >= 0.6 is 0 Å². The lowest BCUT2D eigenvalue weighted by Crippen LogP contribution is -2.63. The van der Waals surface area contributed by atoms with Gasteiger partial charge >= 0.3 is 0 Å². The van der Waals surface area contributed by atoms with Gasteiger partial charge in [-0.1, -0.05) is 62.1 Å². The molecule has 5 atom stereocenters. The van der Waals surface area contributed by atoms with Crippen LogP contribution in [0.1, 0.15) is 27.8 Å². The molecule has 1 unspecified atom stereocenters. The van der Waals surface area contributed by atoms with Crippen molar-refractivity contribution < 1.29 is 30.3 Å². The molecule has 32 heavy (non-hydrogen) atoms. The summed E-state index contributed by atoms with van der Waals surface area (Å²) >= 11 is 0. The molecule has 1 aliphatic rings. The maximum Gasteiger partial charge on any atom is 0.222 e. The van der Waals surface area contributed by atoms with E-state index in [0.29, 0.717) is 6.42 Å². The van der Waals surface area contributed by atoms with Gasteiger partial charge in [-0.3, -0.25) is 0 Å². The second-order valence-corrected chi connectivity index (χ2v) is 15.8. The van der Waals surface area contributed by atoms with Crippen LogP contribution in [0, 0.1) is 6.92 Å². The molecule has 2 aromatic rings. The number of hydrogen-bond donors (Lipinski definition) is 5. The van der Waals surface area contributed by atoms with Gasteiger partial charge in [0.15, 0.2) is 0 Å². The molecule has 0 spiro atoms. The van der Waals surface area contributed by atoms with E-state index in [1.165, 1.54) is 11.6 Å². The molecule has 0 aliphatic carbocycles. The minimum Gasteiger partial charge on any atom is -0.394 e. The van der Waals surface area contributed by atoms with Crippen molar-refractivity contribution in [3.8, 4) is 0 Å². The van der Waals surface area contributed by atoms with Gasteiger partial charge in [-0.25, -0.2) is 0 Å². The lowest BCUT2D eigenvalue weighted by Gasteiger charge is -2.45. The highest BCUT2D eigenvalue weighted by Gasteiger charge is 2.53. The molecule has 0 radical (unpaired) electrons. The highest BCUT2D eigenvalue weighted by molar-refractivity contribution is 6.76. The Morgan fingerprint density at radius 3 is 2.16 bits per heavy atom. The number of hydrogen-bond acceptors (Lipinski definition) is 6. The van der Waals surface area contributed by atoms with Gasteiger partial charge in [-0.15, -0.1) is 0 Å². The molecule has 0 saturated carbocycles. The Morgan fingerprint density at radius 1 is 0.938 bits per heavy atom. The van der Waals surface area contributed by atoms with Crippen LogP contribution in [0.15, 0.2) is 42.5 Å². The highest BCUT2D eigenvalue weighted by atomic mass is 28.3. The van der Waals surface area contributed by atoms with Crippen molar-refractivity contribution in [1.29, 1.82) is 0 Å². The van der Waals surface area contributed by atoms with Crippen molar-refractivity contribution in [2.24, 2.45) is 0 Å². The van der Waals surface area contributed by atoms with Crippen molar-refractivity contribution in [1.82, 2.24) is 0 Å². The fraction of sp³-hybridized carbons (Fsp3) is 0.520. The van der Waals surface area contributed by atoms with Gasteiger partial charge < -0.3 is 30.3 Å². The Balaban J connectivity index is 1.81. The molecule has 1 aliphatic heterocycles. The fourth-order valence-electron chi connectivity index (χ4n) is 4.04. The quantitative estimate of drug-likeness (QED) is 0.405. The van der Waals surface area contributed by atoms with Crippen molar-refractivity contribution in [3.05, 3.63) is 70.3 Å². The number of aryl methyl sites for hydroxylation is 2. The third-order valence-electron chi connectivity index (χ3n) is 6.31. The van der Waals surface area contributed by atoms with Crippen LogP contribution in [-0.2, 0) is 23.4 Å². The van der Waals surface area contributed by atoms with Gasteiger partial charge in [0, 0.05) is 13.6 Å². The number of benzene rings is 2. The van der Waals surface area contributed by atoms with Gasteiger partial charge in [-0.2, -0.15) is 0 Å². The monoisotopic (exact) mass is 460 g/mol. The van der Waals surface area contributed by atoms with Crippen molar-refractivity contribution >= 4 is 8.07 Å². The van der Waals surface area contributed by atoms with Gasteiger partial charge in [0.1, 0.15) is 24.4 Å². The molecule has 1 heterocycles. The van der Waals surface area contributed by atoms with Crippen LogP contribution < -0.4 is 0 Å². The Bertz CT molecular complexity index is 908. The number of aliphatic hydroxyl groups excluding tert-OH is 4. The summed E-state index contributed by atoms with van der Waals surface area (Å²) in [6.07, 6.45) is -4.41. The number of ether oxygens (including phenoxy) is 1. The summed E-state index contributed by atoms with van der Waals surface area (Å²) in [6.45, 7) is 8.50.